The number of benzene rings is 1. The van der Waals surface area contributed by atoms with Gasteiger partial charge in [0.2, 0.25) is 0 Å². The van der Waals surface area contributed by atoms with Crippen LogP contribution in [0.25, 0.3) is 0 Å². The molecular weight excluding hydrogens is 435 g/mol. The van der Waals surface area contributed by atoms with E-state index in [1.165, 1.54) is 92.6 Å². The van der Waals surface area contributed by atoms with E-state index in [1.807, 2.05) is 0 Å². The number of halogens is 1. The molecule has 1 heterocycles. The van der Waals surface area contributed by atoms with Crippen LogP contribution in [0.15, 0.2) is 24.3 Å². The number of aryl methyl sites for hydroxylation is 1. The van der Waals surface area contributed by atoms with Crippen LogP contribution < -0.4 is 0 Å². The Morgan fingerprint density at radius 1 is 0.808 bits per heavy atom. The third kappa shape index (κ3) is 10.9. The SMILES string of the molecule is Ic1ccc(CCCCCCCCCCCCOC2CCCCO2)cc1. The van der Waals surface area contributed by atoms with Crippen molar-refractivity contribution in [1.82, 2.24) is 0 Å². The summed E-state index contributed by atoms with van der Waals surface area (Å²) in [7, 11) is 0. The van der Waals surface area contributed by atoms with Gasteiger partial charge in [-0.25, -0.2) is 0 Å². The predicted molar refractivity (Wildman–Crippen MR) is 119 cm³/mol. The highest BCUT2D eigenvalue weighted by molar-refractivity contribution is 14.1. The molecule has 0 aliphatic carbocycles. The van der Waals surface area contributed by atoms with Crippen molar-refractivity contribution >= 4 is 22.6 Å². The van der Waals surface area contributed by atoms with Crippen molar-refractivity contribution in [3.63, 3.8) is 0 Å². The van der Waals surface area contributed by atoms with Gasteiger partial charge in [-0.15, -0.1) is 0 Å². The smallest absolute Gasteiger partial charge is 0.157 e. The van der Waals surface area contributed by atoms with E-state index in [0.29, 0.717) is 0 Å². The molecule has 3 heteroatoms. The second kappa shape index (κ2) is 14.9. The molecule has 0 N–H and O–H groups in total. The zero-order valence-electron chi connectivity index (χ0n) is 16.4. The molecule has 0 amide bonds. The standard InChI is InChI=1S/C23H37IO2/c24-22-17-15-21(16-18-22)13-9-7-5-3-1-2-4-6-8-11-19-25-23-14-10-12-20-26-23/h15-18,23H,1-14,19-20H2. The maximum absolute atomic E-state index is 5.78. The Morgan fingerprint density at radius 3 is 2.04 bits per heavy atom. The number of hydrogen-bond donors (Lipinski definition) is 0. The van der Waals surface area contributed by atoms with Crippen LogP contribution in [0.1, 0.15) is 89.0 Å². The lowest BCUT2D eigenvalue weighted by Crippen LogP contribution is -2.22. The summed E-state index contributed by atoms with van der Waals surface area (Å²) in [6.07, 6.45) is 18.5. The predicted octanol–water partition coefficient (Wildman–Crippen LogP) is 7.28. The van der Waals surface area contributed by atoms with Crippen LogP contribution in [-0.2, 0) is 15.9 Å². The van der Waals surface area contributed by atoms with E-state index in [2.05, 4.69) is 46.9 Å². The molecule has 2 rings (SSSR count). The van der Waals surface area contributed by atoms with Crippen molar-refractivity contribution in [3.8, 4) is 0 Å². The molecule has 1 fully saturated rings. The molecule has 1 aromatic rings. The van der Waals surface area contributed by atoms with Gasteiger partial charge >= 0.3 is 0 Å². The zero-order chi connectivity index (χ0) is 18.3. The van der Waals surface area contributed by atoms with Gasteiger partial charge in [0.25, 0.3) is 0 Å². The first-order chi connectivity index (χ1) is 12.8. The summed E-state index contributed by atoms with van der Waals surface area (Å²) in [4.78, 5) is 0. The average Bonchev–Trinajstić information content (AvgIpc) is 2.68. The Labute approximate surface area is 174 Å². The fraction of sp³-hybridized carbons (Fsp3) is 0.739. The molecule has 1 unspecified atom stereocenters. The van der Waals surface area contributed by atoms with Gasteiger partial charge in [0.15, 0.2) is 6.29 Å². The fourth-order valence-corrected chi connectivity index (χ4v) is 3.91. The summed E-state index contributed by atoms with van der Waals surface area (Å²) in [5.41, 5.74) is 1.49. The molecule has 0 radical (unpaired) electrons. The van der Waals surface area contributed by atoms with Gasteiger partial charge < -0.3 is 9.47 Å². The first-order valence-corrected chi connectivity index (χ1v) is 11.9. The van der Waals surface area contributed by atoms with E-state index in [1.54, 1.807) is 0 Å². The third-order valence-electron chi connectivity index (χ3n) is 5.21. The Bertz CT molecular complexity index is 440. The lowest BCUT2D eigenvalue weighted by molar-refractivity contribution is -0.162. The van der Waals surface area contributed by atoms with E-state index in [-0.39, 0.29) is 6.29 Å². The molecule has 0 aromatic heterocycles. The third-order valence-corrected chi connectivity index (χ3v) is 5.93. The van der Waals surface area contributed by atoms with E-state index >= 15 is 0 Å². The van der Waals surface area contributed by atoms with Gasteiger partial charge in [0.05, 0.1) is 0 Å². The number of ether oxygens (including phenoxy) is 2. The van der Waals surface area contributed by atoms with Gasteiger partial charge in [-0.1, -0.05) is 63.5 Å². The van der Waals surface area contributed by atoms with Crippen molar-refractivity contribution in [3.05, 3.63) is 33.4 Å². The lowest BCUT2D eigenvalue weighted by atomic mass is 10.0. The Kier molecular flexibility index (Phi) is 12.7. The van der Waals surface area contributed by atoms with E-state index in [0.717, 1.165) is 19.6 Å². The Morgan fingerprint density at radius 2 is 1.42 bits per heavy atom. The molecule has 1 aliphatic rings. The summed E-state index contributed by atoms with van der Waals surface area (Å²) < 4.78 is 12.7. The van der Waals surface area contributed by atoms with Crippen LogP contribution in [0, 0.1) is 3.57 Å². The summed E-state index contributed by atoms with van der Waals surface area (Å²) >= 11 is 2.37. The normalized spacial score (nSPS) is 17.5. The molecule has 1 atom stereocenters. The first kappa shape index (κ1) is 22.2. The van der Waals surface area contributed by atoms with Crippen molar-refractivity contribution in [2.24, 2.45) is 0 Å². The first-order valence-electron chi connectivity index (χ1n) is 10.8. The maximum atomic E-state index is 5.78. The molecule has 0 spiro atoms. The van der Waals surface area contributed by atoms with Crippen LogP contribution in [0.4, 0.5) is 0 Å². The van der Waals surface area contributed by atoms with Crippen LogP contribution >= 0.6 is 22.6 Å². The van der Waals surface area contributed by atoms with E-state index < -0.39 is 0 Å². The van der Waals surface area contributed by atoms with Gasteiger partial charge in [-0.3, -0.25) is 0 Å². The average molecular weight is 472 g/mol. The second-order valence-corrected chi connectivity index (χ2v) is 8.82. The summed E-state index contributed by atoms with van der Waals surface area (Å²) in [5.74, 6) is 0. The lowest BCUT2D eigenvalue weighted by Gasteiger charge is -2.22. The van der Waals surface area contributed by atoms with Crippen LogP contribution in [0.5, 0.6) is 0 Å². The monoisotopic (exact) mass is 472 g/mol. The quantitative estimate of drug-likeness (QED) is 0.209. The topological polar surface area (TPSA) is 18.5 Å². The van der Waals surface area contributed by atoms with Crippen molar-refractivity contribution in [2.45, 2.75) is 96.2 Å². The number of rotatable bonds is 14. The van der Waals surface area contributed by atoms with E-state index in [4.69, 9.17) is 9.47 Å². The van der Waals surface area contributed by atoms with Crippen molar-refractivity contribution in [1.29, 1.82) is 0 Å². The molecule has 148 valence electrons. The van der Waals surface area contributed by atoms with Crippen LogP contribution in [0.2, 0.25) is 0 Å². The largest absolute Gasteiger partial charge is 0.353 e. The highest BCUT2D eigenvalue weighted by Crippen LogP contribution is 2.15. The minimum Gasteiger partial charge on any atom is -0.353 e. The van der Waals surface area contributed by atoms with E-state index in [9.17, 15) is 0 Å². The minimum atomic E-state index is 0.0920. The van der Waals surface area contributed by atoms with Crippen molar-refractivity contribution in [2.75, 3.05) is 13.2 Å². The summed E-state index contributed by atoms with van der Waals surface area (Å²) in [6, 6.07) is 8.97. The molecule has 1 saturated heterocycles. The summed E-state index contributed by atoms with van der Waals surface area (Å²) in [6.45, 7) is 1.77. The van der Waals surface area contributed by atoms with Gasteiger partial charge in [-0.05, 0) is 78.8 Å². The minimum absolute atomic E-state index is 0.0920. The molecule has 0 bridgehead atoms. The molecule has 2 nitrogen and oxygen atoms in total. The van der Waals surface area contributed by atoms with Crippen molar-refractivity contribution < 1.29 is 9.47 Å². The Balaban J connectivity index is 1.28. The zero-order valence-corrected chi connectivity index (χ0v) is 18.6. The molecular formula is C23H37IO2. The van der Waals surface area contributed by atoms with Gasteiger partial charge in [-0.2, -0.15) is 0 Å². The molecule has 1 aliphatic heterocycles. The molecule has 26 heavy (non-hydrogen) atoms. The fourth-order valence-electron chi connectivity index (χ4n) is 3.55. The second-order valence-electron chi connectivity index (χ2n) is 7.58. The highest BCUT2D eigenvalue weighted by Gasteiger charge is 2.13. The highest BCUT2D eigenvalue weighted by atomic mass is 127. The van der Waals surface area contributed by atoms with Gasteiger partial charge in [0.1, 0.15) is 0 Å². The van der Waals surface area contributed by atoms with Gasteiger partial charge in [0, 0.05) is 16.8 Å². The van der Waals surface area contributed by atoms with Crippen LogP contribution in [-0.4, -0.2) is 19.5 Å². The maximum Gasteiger partial charge on any atom is 0.157 e. The summed E-state index contributed by atoms with van der Waals surface area (Å²) in [5, 5.41) is 0. The molecule has 1 aromatic carbocycles. The van der Waals surface area contributed by atoms with Crippen LogP contribution in [0.3, 0.4) is 0 Å². The number of unbranched alkanes of at least 4 members (excludes halogenated alkanes) is 9. The number of hydrogen-bond acceptors (Lipinski definition) is 2. The molecule has 0 saturated carbocycles. The Hall–Kier alpha value is -0.130.